The summed E-state index contributed by atoms with van der Waals surface area (Å²) < 4.78 is 33.5. The molecule has 0 amide bonds. The lowest BCUT2D eigenvalue weighted by Gasteiger charge is -2.17. The molecule has 4 aromatic rings. The second-order valence-corrected chi connectivity index (χ2v) is 7.88. The molecule has 1 unspecified atom stereocenters. The predicted octanol–water partition coefficient (Wildman–Crippen LogP) is 5.24. The number of carbonyl (C=O) groups is 1. The third-order valence-corrected chi connectivity index (χ3v) is 5.52. The summed E-state index contributed by atoms with van der Waals surface area (Å²) >= 11 is 0. The van der Waals surface area contributed by atoms with Gasteiger partial charge in [0, 0.05) is 29.7 Å². The second-order valence-electron chi connectivity index (χ2n) is 7.88. The van der Waals surface area contributed by atoms with Crippen LogP contribution in [-0.2, 0) is 11.2 Å². The van der Waals surface area contributed by atoms with E-state index in [9.17, 15) is 18.4 Å². The Morgan fingerprint density at radius 3 is 2.29 bits per heavy atom. The molecule has 1 atom stereocenters. The van der Waals surface area contributed by atoms with E-state index in [-0.39, 0.29) is 12.0 Å². The van der Waals surface area contributed by atoms with Crippen molar-refractivity contribution < 1.29 is 18.3 Å². The lowest BCUT2D eigenvalue weighted by molar-refractivity contribution is -0.121. The average Bonchev–Trinajstić information content (AvgIpc) is 2.83. The fourth-order valence-corrected chi connectivity index (χ4v) is 3.77. The van der Waals surface area contributed by atoms with Gasteiger partial charge >= 0.3 is 0 Å². The van der Waals surface area contributed by atoms with Gasteiger partial charge in [0.15, 0.2) is 5.78 Å². The predicted molar refractivity (Wildman–Crippen MR) is 126 cm³/mol. The van der Waals surface area contributed by atoms with Crippen molar-refractivity contribution in [3.05, 3.63) is 106 Å². The van der Waals surface area contributed by atoms with Crippen molar-refractivity contribution in [3.8, 4) is 28.1 Å². The van der Waals surface area contributed by atoms with Gasteiger partial charge in [0.05, 0.1) is 12.8 Å². The van der Waals surface area contributed by atoms with Gasteiger partial charge in [0.1, 0.15) is 23.4 Å². The van der Waals surface area contributed by atoms with Crippen molar-refractivity contribution in [2.75, 3.05) is 7.11 Å². The lowest BCUT2D eigenvalue weighted by Crippen LogP contribution is -2.31. The van der Waals surface area contributed by atoms with Gasteiger partial charge in [-0.25, -0.2) is 13.5 Å². The average molecular weight is 460 g/mol. The Labute approximate surface area is 195 Å². The van der Waals surface area contributed by atoms with Crippen molar-refractivity contribution in [3.63, 3.8) is 0 Å². The Balaban J connectivity index is 1.78. The largest absolute Gasteiger partial charge is 0.497 e. The first-order valence-electron chi connectivity index (χ1n) is 10.7. The minimum Gasteiger partial charge on any atom is -0.497 e. The van der Waals surface area contributed by atoms with Gasteiger partial charge in [0.25, 0.3) is 5.56 Å². The van der Waals surface area contributed by atoms with Crippen LogP contribution >= 0.6 is 0 Å². The topological polar surface area (TPSA) is 61.2 Å². The van der Waals surface area contributed by atoms with Crippen LogP contribution in [0.1, 0.15) is 18.5 Å². The number of rotatable bonds is 7. The first kappa shape index (κ1) is 23.0. The lowest BCUT2D eigenvalue weighted by atomic mass is 9.99. The molecule has 0 saturated heterocycles. The van der Waals surface area contributed by atoms with Gasteiger partial charge < -0.3 is 4.74 Å². The van der Waals surface area contributed by atoms with Gasteiger partial charge in [-0.05, 0) is 42.3 Å². The molecular weight excluding hydrogens is 438 g/mol. The van der Waals surface area contributed by atoms with Crippen LogP contribution in [-0.4, -0.2) is 22.7 Å². The summed E-state index contributed by atoms with van der Waals surface area (Å²) in [5.74, 6) is -1.31. The maximum Gasteiger partial charge on any atom is 0.268 e. The normalized spacial score (nSPS) is 11.8. The molecule has 0 spiro atoms. The van der Waals surface area contributed by atoms with Gasteiger partial charge in [-0.1, -0.05) is 42.5 Å². The molecular formula is C27H22F2N2O3. The van der Waals surface area contributed by atoms with E-state index in [0.717, 1.165) is 28.4 Å². The molecule has 0 N–H and O–H groups in total. The van der Waals surface area contributed by atoms with E-state index >= 15 is 0 Å². The van der Waals surface area contributed by atoms with E-state index in [1.54, 1.807) is 26.2 Å². The Hall–Kier alpha value is -4.13. The number of halogens is 2. The number of carbonyl (C=O) groups excluding carboxylic acids is 1. The summed E-state index contributed by atoms with van der Waals surface area (Å²) in [6, 6.07) is 20.0. The molecule has 0 fully saturated rings. The molecule has 0 bridgehead atoms. The summed E-state index contributed by atoms with van der Waals surface area (Å²) in [5.41, 5.74) is 2.35. The van der Waals surface area contributed by atoms with Gasteiger partial charge in [-0.15, -0.1) is 0 Å². The summed E-state index contributed by atoms with van der Waals surface area (Å²) in [4.78, 5) is 26.0. The Morgan fingerprint density at radius 1 is 0.941 bits per heavy atom. The minimum absolute atomic E-state index is 0.191. The van der Waals surface area contributed by atoms with Crippen LogP contribution in [0, 0.1) is 11.6 Å². The van der Waals surface area contributed by atoms with E-state index in [0.29, 0.717) is 22.6 Å². The molecule has 3 aromatic carbocycles. The number of ether oxygens (including phenoxy) is 1. The van der Waals surface area contributed by atoms with Crippen molar-refractivity contribution in [1.29, 1.82) is 0 Å². The summed E-state index contributed by atoms with van der Waals surface area (Å²) in [5, 5.41) is 4.57. The molecule has 1 heterocycles. The molecule has 0 aliphatic carbocycles. The molecule has 172 valence electrons. The standard InChI is InChI=1S/C27H22F2N2O3/c1-17(25(32)13-18-11-21(28)15-22(29)12-18)31-26(33)16-24(19-7-4-3-5-8-19)27(30-31)20-9-6-10-23(14-20)34-2/h3-12,14-17H,13H2,1-2H3. The zero-order chi connectivity index (χ0) is 24.2. The van der Waals surface area contributed by atoms with Gasteiger partial charge in [0.2, 0.25) is 0 Å². The highest BCUT2D eigenvalue weighted by Gasteiger charge is 2.21. The highest BCUT2D eigenvalue weighted by molar-refractivity contribution is 5.85. The second kappa shape index (κ2) is 9.79. The zero-order valence-electron chi connectivity index (χ0n) is 18.7. The smallest absolute Gasteiger partial charge is 0.268 e. The van der Waals surface area contributed by atoms with E-state index in [1.807, 2.05) is 42.5 Å². The number of hydrogen-bond donors (Lipinski definition) is 0. The van der Waals surface area contributed by atoms with Crippen molar-refractivity contribution in [2.45, 2.75) is 19.4 Å². The van der Waals surface area contributed by atoms with E-state index in [4.69, 9.17) is 4.74 Å². The molecule has 0 aliphatic heterocycles. The molecule has 7 heteroatoms. The SMILES string of the molecule is COc1cccc(-c2nn(C(C)C(=O)Cc3cc(F)cc(F)c3)c(=O)cc2-c2ccccc2)c1. The third kappa shape index (κ3) is 4.93. The fourth-order valence-electron chi connectivity index (χ4n) is 3.77. The minimum atomic E-state index is -0.951. The molecule has 1 aromatic heterocycles. The highest BCUT2D eigenvalue weighted by Crippen LogP contribution is 2.31. The Morgan fingerprint density at radius 2 is 1.62 bits per heavy atom. The van der Waals surface area contributed by atoms with Crippen LogP contribution in [0.25, 0.3) is 22.4 Å². The molecule has 0 saturated carbocycles. The van der Waals surface area contributed by atoms with Crippen LogP contribution in [0.4, 0.5) is 8.78 Å². The summed E-state index contributed by atoms with van der Waals surface area (Å²) in [7, 11) is 1.56. The highest BCUT2D eigenvalue weighted by atomic mass is 19.1. The Kier molecular flexibility index (Phi) is 6.63. The van der Waals surface area contributed by atoms with E-state index in [2.05, 4.69) is 5.10 Å². The van der Waals surface area contributed by atoms with Crippen LogP contribution in [0.15, 0.2) is 83.7 Å². The number of Topliss-reactive ketones (excluding diaryl/α,β-unsaturated/α-hetero) is 1. The number of ketones is 1. The van der Waals surface area contributed by atoms with Gasteiger partial charge in [-0.3, -0.25) is 9.59 Å². The number of nitrogens with zero attached hydrogens (tertiary/aromatic N) is 2. The summed E-state index contributed by atoms with van der Waals surface area (Å²) in [6.07, 6.45) is -0.237. The van der Waals surface area contributed by atoms with Crippen molar-refractivity contribution >= 4 is 5.78 Å². The first-order chi connectivity index (χ1) is 16.4. The maximum atomic E-state index is 13.5. The molecule has 0 aliphatic rings. The fraction of sp³-hybridized carbons (Fsp3) is 0.148. The maximum absolute atomic E-state index is 13.5. The van der Waals surface area contributed by atoms with E-state index in [1.165, 1.54) is 6.07 Å². The van der Waals surface area contributed by atoms with Crippen LogP contribution in [0.3, 0.4) is 0 Å². The molecule has 0 radical (unpaired) electrons. The monoisotopic (exact) mass is 460 g/mol. The van der Waals surface area contributed by atoms with Crippen molar-refractivity contribution in [2.24, 2.45) is 0 Å². The van der Waals surface area contributed by atoms with Crippen LogP contribution < -0.4 is 10.3 Å². The number of aromatic nitrogens is 2. The van der Waals surface area contributed by atoms with Gasteiger partial charge in [-0.2, -0.15) is 5.10 Å². The molecule has 34 heavy (non-hydrogen) atoms. The number of methoxy groups -OCH3 is 1. The summed E-state index contributed by atoms with van der Waals surface area (Å²) in [6.45, 7) is 1.55. The van der Waals surface area contributed by atoms with Crippen LogP contribution in [0.2, 0.25) is 0 Å². The third-order valence-electron chi connectivity index (χ3n) is 5.52. The first-order valence-corrected chi connectivity index (χ1v) is 10.7. The quantitative estimate of drug-likeness (QED) is 0.379. The number of benzene rings is 3. The van der Waals surface area contributed by atoms with E-state index < -0.39 is 29.0 Å². The Bertz CT molecular complexity index is 1380. The number of hydrogen-bond acceptors (Lipinski definition) is 4. The van der Waals surface area contributed by atoms with Crippen molar-refractivity contribution in [1.82, 2.24) is 9.78 Å². The molecule has 4 rings (SSSR count). The molecule has 5 nitrogen and oxygen atoms in total. The zero-order valence-corrected chi connectivity index (χ0v) is 18.7. The van der Waals surface area contributed by atoms with Crippen LogP contribution in [0.5, 0.6) is 5.75 Å².